The molecule has 0 fully saturated rings. The second-order valence-electron chi connectivity index (χ2n) is 4.06. The van der Waals surface area contributed by atoms with E-state index >= 15 is 0 Å². The summed E-state index contributed by atoms with van der Waals surface area (Å²) in [6.07, 6.45) is 1.61. The van der Waals surface area contributed by atoms with Crippen molar-refractivity contribution in [1.29, 1.82) is 0 Å². The van der Waals surface area contributed by atoms with Gasteiger partial charge in [0.25, 0.3) is 5.69 Å². The lowest BCUT2D eigenvalue weighted by Gasteiger charge is -2.09. The van der Waals surface area contributed by atoms with Crippen LogP contribution in [-0.2, 0) is 11.2 Å². The third-order valence-corrected chi connectivity index (χ3v) is 2.68. The van der Waals surface area contributed by atoms with E-state index in [2.05, 4.69) is 4.98 Å². The summed E-state index contributed by atoms with van der Waals surface area (Å²) in [4.78, 5) is 25.2. The van der Waals surface area contributed by atoms with Crippen LogP contribution in [0.15, 0.2) is 6.20 Å². The van der Waals surface area contributed by atoms with Gasteiger partial charge in [0.15, 0.2) is 0 Å². The Labute approximate surface area is 98.4 Å². The van der Waals surface area contributed by atoms with Gasteiger partial charge in [-0.25, -0.2) is 0 Å². The molecule has 0 saturated heterocycles. The number of carboxylic acids is 1. The molecule has 0 amide bonds. The predicted molar refractivity (Wildman–Crippen MR) is 60.9 cm³/mol. The molecule has 0 aromatic carbocycles. The molecule has 6 heteroatoms. The first kappa shape index (κ1) is 13.1. The van der Waals surface area contributed by atoms with Crippen LogP contribution in [0.1, 0.15) is 23.7 Å². The molecule has 0 spiro atoms. The Balaban J connectivity index is 3.15. The Morgan fingerprint density at radius 3 is 2.65 bits per heavy atom. The summed E-state index contributed by atoms with van der Waals surface area (Å²) in [5.74, 6) is -1.54. The molecule has 6 nitrogen and oxygen atoms in total. The van der Waals surface area contributed by atoms with Crippen molar-refractivity contribution < 1.29 is 14.8 Å². The highest BCUT2D eigenvalue weighted by molar-refractivity contribution is 5.70. The van der Waals surface area contributed by atoms with E-state index in [-0.39, 0.29) is 12.1 Å². The Morgan fingerprint density at radius 1 is 1.59 bits per heavy atom. The molecule has 1 aromatic rings. The standard InChI is InChI=1S/C11H14N2O4/c1-6(11(14)15)4-9-8(3)10(13(16)17)7(2)5-12-9/h5-6H,4H2,1-3H3,(H,14,15). The van der Waals surface area contributed by atoms with E-state index in [1.54, 1.807) is 20.8 Å². The van der Waals surface area contributed by atoms with E-state index in [0.717, 1.165) is 0 Å². The van der Waals surface area contributed by atoms with Gasteiger partial charge in [-0.05, 0) is 13.8 Å². The van der Waals surface area contributed by atoms with Crippen LogP contribution >= 0.6 is 0 Å². The minimum atomic E-state index is -0.936. The van der Waals surface area contributed by atoms with Crippen molar-refractivity contribution in [3.8, 4) is 0 Å². The van der Waals surface area contributed by atoms with Crippen LogP contribution in [-0.4, -0.2) is 21.0 Å². The fourth-order valence-corrected chi connectivity index (χ4v) is 1.63. The minimum Gasteiger partial charge on any atom is -0.481 e. The van der Waals surface area contributed by atoms with Crippen LogP contribution in [0.3, 0.4) is 0 Å². The number of nitro groups is 1. The molecular weight excluding hydrogens is 224 g/mol. The lowest BCUT2D eigenvalue weighted by Crippen LogP contribution is -2.14. The van der Waals surface area contributed by atoms with Gasteiger partial charge in [0.05, 0.1) is 16.5 Å². The van der Waals surface area contributed by atoms with Crippen molar-refractivity contribution >= 4 is 11.7 Å². The first-order valence-corrected chi connectivity index (χ1v) is 5.16. The number of hydrogen-bond donors (Lipinski definition) is 1. The normalized spacial score (nSPS) is 12.2. The van der Waals surface area contributed by atoms with Gasteiger partial charge in [-0.3, -0.25) is 19.9 Å². The zero-order chi connectivity index (χ0) is 13.2. The van der Waals surface area contributed by atoms with Gasteiger partial charge in [-0.15, -0.1) is 0 Å². The topological polar surface area (TPSA) is 93.3 Å². The third-order valence-electron chi connectivity index (χ3n) is 2.68. The molecule has 0 radical (unpaired) electrons. The van der Waals surface area contributed by atoms with Gasteiger partial charge in [-0.2, -0.15) is 0 Å². The maximum absolute atomic E-state index is 10.9. The van der Waals surface area contributed by atoms with E-state index in [1.165, 1.54) is 6.20 Å². The largest absolute Gasteiger partial charge is 0.481 e. The molecule has 1 atom stereocenters. The number of pyridine rings is 1. The highest BCUT2D eigenvalue weighted by Crippen LogP contribution is 2.25. The Bertz CT molecular complexity index is 471. The molecule has 0 bridgehead atoms. The molecule has 92 valence electrons. The fourth-order valence-electron chi connectivity index (χ4n) is 1.63. The Hall–Kier alpha value is -1.98. The summed E-state index contributed by atoms with van der Waals surface area (Å²) in [5.41, 5.74) is 1.42. The Morgan fingerprint density at radius 2 is 2.18 bits per heavy atom. The first-order chi connectivity index (χ1) is 7.84. The maximum atomic E-state index is 10.9. The SMILES string of the molecule is Cc1cnc(CC(C)C(=O)O)c(C)c1[N+](=O)[O-]. The summed E-state index contributed by atoms with van der Waals surface area (Å²) in [6.45, 7) is 4.76. The number of aryl methyl sites for hydroxylation is 1. The number of carbonyl (C=O) groups is 1. The highest BCUT2D eigenvalue weighted by atomic mass is 16.6. The molecule has 1 rings (SSSR count). The molecule has 0 aliphatic rings. The number of carboxylic acid groups (broad SMARTS) is 1. The summed E-state index contributed by atoms with van der Waals surface area (Å²) < 4.78 is 0. The van der Waals surface area contributed by atoms with Gasteiger partial charge >= 0.3 is 5.97 Å². The average Bonchev–Trinajstić information content (AvgIpc) is 2.21. The number of aliphatic carboxylic acids is 1. The van der Waals surface area contributed by atoms with Gasteiger partial charge in [0, 0.05) is 23.7 Å². The predicted octanol–water partition coefficient (Wildman–Crippen LogP) is 1.87. The van der Waals surface area contributed by atoms with Crippen molar-refractivity contribution in [2.45, 2.75) is 27.2 Å². The number of rotatable bonds is 4. The number of hydrogen-bond acceptors (Lipinski definition) is 4. The lowest BCUT2D eigenvalue weighted by molar-refractivity contribution is -0.386. The van der Waals surface area contributed by atoms with Crippen molar-refractivity contribution in [3.63, 3.8) is 0 Å². The zero-order valence-corrected chi connectivity index (χ0v) is 9.93. The maximum Gasteiger partial charge on any atom is 0.306 e. The van der Waals surface area contributed by atoms with Crippen molar-refractivity contribution in [1.82, 2.24) is 4.98 Å². The quantitative estimate of drug-likeness (QED) is 0.638. The molecule has 0 aliphatic carbocycles. The average molecular weight is 238 g/mol. The van der Waals surface area contributed by atoms with E-state index in [4.69, 9.17) is 5.11 Å². The zero-order valence-electron chi connectivity index (χ0n) is 9.93. The van der Waals surface area contributed by atoms with Crippen LogP contribution in [0.25, 0.3) is 0 Å². The van der Waals surface area contributed by atoms with Crippen LogP contribution in [0.4, 0.5) is 5.69 Å². The summed E-state index contributed by atoms with van der Waals surface area (Å²) in [6, 6.07) is 0. The summed E-state index contributed by atoms with van der Waals surface area (Å²) in [5, 5.41) is 19.7. The van der Waals surface area contributed by atoms with Crippen molar-refractivity contribution in [2.24, 2.45) is 5.92 Å². The molecule has 0 saturated carbocycles. The summed E-state index contributed by atoms with van der Waals surface area (Å²) in [7, 11) is 0. The van der Waals surface area contributed by atoms with Crippen LogP contribution < -0.4 is 0 Å². The third kappa shape index (κ3) is 2.77. The van der Waals surface area contributed by atoms with Crippen LogP contribution in [0.5, 0.6) is 0 Å². The fraction of sp³-hybridized carbons (Fsp3) is 0.455. The molecule has 0 aliphatic heterocycles. The molecule has 1 heterocycles. The van der Waals surface area contributed by atoms with E-state index in [9.17, 15) is 14.9 Å². The van der Waals surface area contributed by atoms with Gasteiger partial charge in [0.1, 0.15) is 0 Å². The molecule has 1 N–H and O–H groups in total. The molecule has 17 heavy (non-hydrogen) atoms. The van der Waals surface area contributed by atoms with Crippen molar-refractivity contribution in [2.75, 3.05) is 0 Å². The number of aromatic nitrogens is 1. The lowest BCUT2D eigenvalue weighted by atomic mass is 10.0. The summed E-state index contributed by atoms with van der Waals surface area (Å²) >= 11 is 0. The van der Waals surface area contributed by atoms with E-state index in [0.29, 0.717) is 16.8 Å². The second-order valence-corrected chi connectivity index (χ2v) is 4.06. The monoisotopic (exact) mass is 238 g/mol. The number of nitrogens with zero attached hydrogens (tertiary/aromatic N) is 2. The molecule has 1 aromatic heterocycles. The highest BCUT2D eigenvalue weighted by Gasteiger charge is 2.21. The van der Waals surface area contributed by atoms with Gasteiger partial charge in [-0.1, -0.05) is 6.92 Å². The second kappa shape index (κ2) is 4.90. The Kier molecular flexibility index (Phi) is 3.77. The van der Waals surface area contributed by atoms with Crippen LogP contribution in [0, 0.1) is 29.9 Å². The van der Waals surface area contributed by atoms with Crippen LogP contribution in [0.2, 0.25) is 0 Å². The smallest absolute Gasteiger partial charge is 0.306 e. The van der Waals surface area contributed by atoms with Gasteiger partial charge in [0.2, 0.25) is 0 Å². The molecule has 1 unspecified atom stereocenters. The first-order valence-electron chi connectivity index (χ1n) is 5.16. The van der Waals surface area contributed by atoms with E-state index in [1.807, 2.05) is 0 Å². The minimum absolute atomic E-state index is 0.0209. The molecular formula is C11H14N2O4. The van der Waals surface area contributed by atoms with E-state index < -0.39 is 16.8 Å². The van der Waals surface area contributed by atoms with Gasteiger partial charge < -0.3 is 5.11 Å². The van der Waals surface area contributed by atoms with Crippen molar-refractivity contribution in [3.05, 3.63) is 33.1 Å².